The van der Waals surface area contributed by atoms with Gasteiger partial charge in [-0.15, -0.1) is 0 Å². The molecule has 0 bridgehead atoms. The lowest BCUT2D eigenvalue weighted by Crippen LogP contribution is -2.42. The largest absolute Gasteiger partial charge is 0.500 e. The number of carbonyl (C=O) groups is 2. The van der Waals surface area contributed by atoms with Crippen molar-refractivity contribution >= 4 is 52.4 Å². The number of phosphoric ester groups is 2. The summed E-state index contributed by atoms with van der Waals surface area (Å²) in [6, 6.07) is 4.21. The van der Waals surface area contributed by atoms with Gasteiger partial charge in [-0.2, -0.15) is 19.6 Å². The molecule has 19 nitrogen and oxygen atoms in total. The van der Waals surface area contributed by atoms with E-state index in [1.54, 1.807) is 0 Å². The number of nitrogens with zero attached hydrogens (tertiary/aromatic N) is 2. The molecule has 0 saturated carbocycles. The maximum absolute atomic E-state index is 13.1. The lowest BCUT2D eigenvalue weighted by molar-refractivity contribution is -0.154. The first kappa shape index (κ1) is 53.7. The van der Waals surface area contributed by atoms with E-state index in [2.05, 4.69) is 14.4 Å². The van der Waals surface area contributed by atoms with Crippen molar-refractivity contribution in [1.82, 2.24) is 5.32 Å². The number of hydrogen-bond donors (Lipinski definition) is 1. The molecular weight excluding hydrogens is 826 g/mol. The summed E-state index contributed by atoms with van der Waals surface area (Å²) in [6.45, 7) is 4.50. The number of amides is 1. The zero-order valence-corrected chi connectivity index (χ0v) is 38.0. The SMILES string of the molecule is CC[C@H]1O[C@@H](BP)[C@@H](C)C1OC(=O)CCC(=O)NCCCCCCOP(=O)(OCCC#N)OCCOCCOP(=O)(OCCC#N)OCCC[Si](OC)(OC)OC. The summed E-state index contributed by atoms with van der Waals surface area (Å²) in [5.41, 5.74) is 0. The van der Waals surface area contributed by atoms with Gasteiger partial charge in [0.25, 0.3) is 0 Å². The number of carbonyl (C=O) groups excluding carboxylic acids is 2. The Morgan fingerprint density at radius 3 is 1.82 bits per heavy atom. The lowest BCUT2D eigenvalue weighted by Gasteiger charge is -2.24. The molecule has 57 heavy (non-hydrogen) atoms. The standard InChI is InChI=1S/C33H63BN3O16P3Si/c1-6-29-32(28(2)33(34-54)52-29)53-31(39)15-14-30(38)37-18-9-7-8-10-19-46-55(40,47-20-11-16-35)50-25-23-45-24-26-51-56(41,48-21-12-17-36)49-22-13-27-57(42-3,43-4)44-5/h28-29,32-34H,6-15,18-27,54H2,1-5H3,(H,37,38)/t28-,29+,32?,33+,55?,56?/m0/s1. The summed E-state index contributed by atoms with van der Waals surface area (Å²) in [6.07, 6.45) is 3.38. The van der Waals surface area contributed by atoms with Crippen LogP contribution in [0.1, 0.15) is 78.1 Å². The van der Waals surface area contributed by atoms with E-state index < -0.39 is 30.4 Å². The highest BCUT2D eigenvalue weighted by Crippen LogP contribution is 2.50. The van der Waals surface area contributed by atoms with Crippen molar-refractivity contribution in [3.8, 4) is 12.1 Å². The van der Waals surface area contributed by atoms with Crippen LogP contribution in [0.2, 0.25) is 6.04 Å². The van der Waals surface area contributed by atoms with Crippen molar-refractivity contribution < 1.29 is 73.4 Å². The second kappa shape index (κ2) is 31.5. The zero-order valence-electron chi connectivity index (χ0n) is 34.1. The lowest BCUT2D eigenvalue weighted by atomic mass is 9.84. The third-order valence-electron chi connectivity index (χ3n) is 8.61. The second-order valence-electron chi connectivity index (χ2n) is 12.7. The first-order valence-corrected chi connectivity index (χ1v) is 24.9. The number of phosphoric acid groups is 2. The minimum Gasteiger partial charge on any atom is -0.459 e. The molecule has 0 aromatic rings. The molecule has 4 unspecified atom stereocenters. The topological polar surface area (TPSA) is 239 Å². The molecule has 328 valence electrons. The van der Waals surface area contributed by atoms with Crippen LogP contribution in [0.5, 0.6) is 0 Å². The Bertz CT molecular complexity index is 1300. The molecule has 1 aliphatic rings. The van der Waals surface area contributed by atoms with Crippen molar-refractivity contribution in [3.63, 3.8) is 0 Å². The van der Waals surface area contributed by atoms with E-state index in [1.807, 2.05) is 26.0 Å². The highest BCUT2D eigenvalue weighted by Gasteiger charge is 2.42. The Balaban J connectivity index is 2.32. The maximum Gasteiger partial charge on any atom is 0.500 e. The van der Waals surface area contributed by atoms with Crippen LogP contribution in [0.3, 0.4) is 0 Å². The van der Waals surface area contributed by atoms with Crippen LogP contribution in [0.25, 0.3) is 0 Å². The molecule has 7 atom stereocenters. The molecule has 1 amide bonds. The van der Waals surface area contributed by atoms with Gasteiger partial charge in [-0.1, -0.05) is 26.7 Å². The van der Waals surface area contributed by atoms with Crippen LogP contribution in [0.4, 0.5) is 0 Å². The fourth-order valence-electron chi connectivity index (χ4n) is 5.43. The highest BCUT2D eigenvalue weighted by molar-refractivity contribution is 7.56. The molecule has 1 N–H and O–H groups in total. The summed E-state index contributed by atoms with van der Waals surface area (Å²) in [7, 11) is -3.75. The van der Waals surface area contributed by atoms with Crippen molar-refractivity contribution in [2.75, 3.05) is 80.7 Å². The molecule has 0 aromatic carbocycles. The molecule has 0 aliphatic carbocycles. The zero-order chi connectivity index (χ0) is 42.4. The molecule has 0 aromatic heterocycles. The van der Waals surface area contributed by atoms with E-state index in [9.17, 15) is 18.7 Å². The normalized spacial score (nSPS) is 20.2. The fourth-order valence-corrected chi connectivity index (χ4v) is 10.0. The number of rotatable bonds is 36. The summed E-state index contributed by atoms with van der Waals surface area (Å²) in [5, 5.41) is 20.5. The molecule has 1 aliphatic heterocycles. The number of hydrogen-bond acceptors (Lipinski definition) is 18. The van der Waals surface area contributed by atoms with Crippen LogP contribution >= 0.6 is 24.8 Å². The van der Waals surface area contributed by atoms with Crippen LogP contribution < -0.4 is 5.32 Å². The molecule has 1 heterocycles. The van der Waals surface area contributed by atoms with Gasteiger partial charge in [0.2, 0.25) is 5.91 Å². The van der Waals surface area contributed by atoms with Crippen LogP contribution in [0.15, 0.2) is 0 Å². The quantitative estimate of drug-likeness (QED) is 0.0385. The number of nitriles is 2. The molecule has 0 radical (unpaired) electrons. The van der Waals surface area contributed by atoms with Gasteiger partial charge < -0.3 is 32.8 Å². The summed E-state index contributed by atoms with van der Waals surface area (Å²) in [4.78, 5) is 24.7. The number of esters is 1. The Kier molecular flexibility index (Phi) is 29.7. The number of unbranched alkanes of at least 4 members (excludes halogenated alkanes) is 3. The van der Waals surface area contributed by atoms with Crippen molar-refractivity contribution in [2.45, 2.75) is 102 Å². The average Bonchev–Trinajstić information content (AvgIpc) is 3.51. The average molecular weight is 890 g/mol. The van der Waals surface area contributed by atoms with E-state index in [4.69, 9.17) is 65.2 Å². The Hall–Kier alpha value is -1.35. The van der Waals surface area contributed by atoms with Gasteiger partial charge >= 0.3 is 30.4 Å². The minimum absolute atomic E-state index is 0.00319. The van der Waals surface area contributed by atoms with Crippen LogP contribution in [0, 0.1) is 28.6 Å². The Labute approximate surface area is 342 Å². The maximum atomic E-state index is 13.1. The summed E-state index contributed by atoms with van der Waals surface area (Å²) in [5.74, 6) is -0.551. The Morgan fingerprint density at radius 2 is 1.30 bits per heavy atom. The third-order valence-corrected chi connectivity index (χ3v) is 14.9. The molecule has 1 saturated heterocycles. The van der Waals surface area contributed by atoms with Crippen LogP contribution in [-0.2, 0) is 73.4 Å². The van der Waals surface area contributed by atoms with Gasteiger partial charge in [-0.05, 0) is 25.7 Å². The first-order valence-electron chi connectivity index (χ1n) is 19.3. The number of nitrogens with one attached hydrogen (secondary N) is 1. The monoisotopic (exact) mass is 889 g/mol. The molecule has 1 rings (SSSR count). The van der Waals surface area contributed by atoms with Gasteiger partial charge in [0, 0.05) is 52.3 Å². The van der Waals surface area contributed by atoms with Crippen LogP contribution in [-0.4, -0.2) is 127 Å². The molecule has 0 spiro atoms. The van der Waals surface area contributed by atoms with Gasteiger partial charge in [0.05, 0.1) is 90.4 Å². The van der Waals surface area contributed by atoms with Crippen molar-refractivity contribution in [3.05, 3.63) is 0 Å². The summed E-state index contributed by atoms with van der Waals surface area (Å²) >= 11 is 0. The first-order chi connectivity index (χ1) is 27.4. The van der Waals surface area contributed by atoms with Gasteiger partial charge in [-0.25, -0.2) is 9.13 Å². The molecular formula is C33H63BN3O16P3Si. The molecule has 24 heteroatoms. The smallest absolute Gasteiger partial charge is 0.459 e. The van der Waals surface area contributed by atoms with E-state index >= 15 is 0 Å². The predicted molar refractivity (Wildman–Crippen MR) is 214 cm³/mol. The third kappa shape index (κ3) is 22.7. The van der Waals surface area contributed by atoms with E-state index in [-0.39, 0.29) is 109 Å². The van der Waals surface area contributed by atoms with Gasteiger partial charge in [0.1, 0.15) is 6.10 Å². The second-order valence-corrected chi connectivity index (χ2v) is 19.6. The van der Waals surface area contributed by atoms with E-state index in [0.29, 0.717) is 38.3 Å². The molecule has 1 fully saturated rings. The van der Waals surface area contributed by atoms with Gasteiger partial charge in [0.15, 0.2) is 7.00 Å². The van der Waals surface area contributed by atoms with Gasteiger partial charge in [-0.3, -0.25) is 36.7 Å². The van der Waals surface area contributed by atoms with Crippen molar-refractivity contribution in [2.24, 2.45) is 5.92 Å². The van der Waals surface area contributed by atoms with E-state index in [0.717, 1.165) is 19.8 Å². The predicted octanol–water partition coefficient (Wildman–Crippen LogP) is 4.78. The Morgan fingerprint density at radius 1 is 0.772 bits per heavy atom. The van der Waals surface area contributed by atoms with Crippen molar-refractivity contribution in [1.29, 1.82) is 10.5 Å². The minimum atomic E-state index is -4.02. The van der Waals surface area contributed by atoms with E-state index in [1.165, 1.54) is 21.3 Å². The highest BCUT2D eigenvalue weighted by atomic mass is 31.2. The number of ether oxygens (including phenoxy) is 3. The fraction of sp³-hybridized carbons (Fsp3) is 0.879. The summed E-state index contributed by atoms with van der Waals surface area (Å²) < 4.78 is 91.4.